The lowest BCUT2D eigenvalue weighted by atomic mass is 10.2. The fourth-order valence-electron chi connectivity index (χ4n) is 2.70. The van der Waals surface area contributed by atoms with Crippen molar-refractivity contribution in [3.63, 3.8) is 0 Å². The van der Waals surface area contributed by atoms with E-state index < -0.39 is 0 Å². The first-order valence-corrected chi connectivity index (χ1v) is 9.76. The average Bonchev–Trinajstić information content (AvgIpc) is 3.20. The molecule has 140 valence electrons. The van der Waals surface area contributed by atoms with Crippen LogP contribution < -0.4 is 10.9 Å². The first-order valence-electron chi connectivity index (χ1n) is 8.88. The number of hydrogen-bond donors (Lipinski definition) is 2. The summed E-state index contributed by atoms with van der Waals surface area (Å²) in [6.45, 7) is 4.18. The number of benzene rings is 1. The van der Waals surface area contributed by atoms with Gasteiger partial charge in [0.1, 0.15) is 16.6 Å². The highest BCUT2D eigenvalue weighted by molar-refractivity contribution is 7.13. The minimum absolute atomic E-state index is 0.123. The molecule has 0 bridgehead atoms. The zero-order valence-corrected chi connectivity index (χ0v) is 16.4. The highest BCUT2D eigenvalue weighted by Crippen LogP contribution is 2.23. The molecule has 7 heteroatoms. The number of aromatic nitrogens is 4. The number of aryl methyl sites for hydroxylation is 1. The fourth-order valence-corrected chi connectivity index (χ4v) is 3.53. The van der Waals surface area contributed by atoms with Gasteiger partial charge in [-0.15, -0.1) is 11.3 Å². The van der Waals surface area contributed by atoms with Crippen molar-refractivity contribution < 1.29 is 0 Å². The second kappa shape index (κ2) is 7.74. The van der Waals surface area contributed by atoms with Crippen molar-refractivity contribution in [3.05, 3.63) is 81.3 Å². The van der Waals surface area contributed by atoms with Gasteiger partial charge in [-0.05, 0) is 26.0 Å². The maximum Gasteiger partial charge on any atom is 0.254 e. The van der Waals surface area contributed by atoms with E-state index in [2.05, 4.69) is 37.4 Å². The standard InChI is InChI=1S/C21H19N5OS/c1-13-14(2)24-19(26-20(13)27)16-8-9-18(22-10-16)23-11-17-12-28-21(25-17)15-6-4-3-5-7-15/h3-10,12H,11H2,1-2H3,(H,22,23)(H,24,26,27). The summed E-state index contributed by atoms with van der Waals surface area (Å²) in [6.07, 6.45) is 1.70. The summed E-state index contributed by atoms with van der Waals surface area (Å²) in [6, 6.07) is 13.9. The Hall–Kier alpha value is -3.32. The third kappa shape index (κ3) is 3.84. The molecule has 0 aliphatic carbocycles. The molecule has 0 spiro atoms. The molecule has 4 aromatic rings. The van der Waals surface area contributed by atoms with E-state index >= 15 is 0 Å². The number of H-pyrrole nitrogens is 1. The molecule has 3 aromatic heterocycles. The molecule has 28 heavy (non-hydrogen) atoms. The van der Waals surface area contributed by atoms with Crippen molar-refractivity contribution in [2.75, 3.05) is 5.32 Å². The van der Waals surface area contributed by atoms with Crippen LogP contribution in [0.15, 0.2) is 58.8 Å². The Bertz CT molecular complexity index is 1150. The van der Waals surface area contributed by atoms with Gasteiger partial charge in [0.25, 0.3) is 5.56 Å². The maximum atomic E-state index is 11.9. The number of aromatic amines is 1. The Morgan fingerprint density at radius 1 is 1.04 bits per heavy atom. The lowest BCUT2D eigenvalue weighted by Crippen LogP contribution is -2.14. The summed E-state index contributed by atoms with van der Waals surface area (Å²) in [5.41, 5.74) is 4.09. The normalized spacial score (nSPS) is 10.8. The van der Waals surface area contributed by atoms with Crippen LogP contribution in [0, 0.1) is 13.8 Å². The van der Waals surface area contributed by atoms with Crippen LogP contribution in [0.4, 0.5) is 5.82 Å². The van der Waals surface area contributed by atoms with E-state index in [4.69, 9.17) is 0 Å². The molecular formula is C21H19N5OS. The van der Waals surface area contributed by atoms with Crippen molar-refractivity contribution in [1.29, 1.82) is 0 Å². The number of pyridine rings is 1. The maximum absolute atomic E-state index is 11.9. The summed E-state index contributed by atoms with van der Waals surface area (Å²) in [7, 11) is 0. The topological polar surface area (TPSA) is 83.6 Å². The smallest absolute Gasteiger partial charge is 0.254 e. The predicted molar refractivity (Wildman–Crippen MR) is 112 cm³/mol. The Balaban J connectivity index is 1.44. The molecule has 0 saturated heterocycles. The van der Waals surface area contributed by atoms with Gasteiger partial charge >= 0.3 is 0 Å². The summed E-state index contributed by atoms with van der Waals surface area (Å²) in [4.78, 5) is 28.2. The van der Waals surface area contributed by atoms with E-state index in [1.165, 1.54) is 0 Å². The van der Waals surface area contributed by atoms with Gasteiger partial charge in [-0.1, -0.05) is 30.3 Å². The Morgan fingerprint density at radius 2 is 1.86 bits per heavy atom. The first kappa shape index (κ1) is 18.1. The van der Waals surface area contributed by atoms with E-state index in [9.17, 15) is 4.79 Å². The summed E-state index contributed by atoms with van der Waals surface area (Å²) in [5.74, 6) is 1.27. The Labute approximate surface area is 166 Å². The number of thiazole rings is 1. The van der Waals surface area contributed by atoms with Crippen LogP contribution in [0.2, 0.25) is 0 Å². The summed E-state index contributed by atoms with van der Waals surface area (Å²) in [5, 5.41) is 6.33. The van der Waals surface area contributed by atoms with Crippen molar-refractivity contribution in [2.45, 2.75) is 20.4 Å². The summed E-state index contributed by atoms with van der Waals surface area (Å²) >= 11 is 1.63. The third-order valence-corrected chi connectivity index (χ3v) is 5.39. The van der Waals surface area contributed by atoms with Gasteiger partial charge in [0.05, 0.1) is 12.2 Å². The number of rotatable bonds is 5. The summed E-state index contributed by atoms with van der Waals surface area (Å²) < 4.78 is 0. The highest BCUT2D eigenvalue weighted by atomic mass is 32.1. The molecule has 4 rings (SSSR count). The van der Waals surface area contributed by atoms with Crippen LogP contribution in [-0.2, 0) is 6.54 Å². The zero-order valence-electron chi connectivity index (χ0n) is 15.6. The largest absolute Gasteiger partial charge is 0.364 e. The highest BCUT2D eigenvalue weighted by Gasteiger charge is 2.07. The molecule has 0 radical (unpaired) electrons. The molecule has 0 aliphatic rings. The number of nitrogens with zero attached hydrogens (tertiary/aromatic N) is 3. The lowest BCUT2D eigenvalue weighted by molar-refractivity contribution is 1.02. The number of anilines is 1. The monoisotopic (exact) mass is 389 g/mol. The van der Waals surface area contributed by atoms with E-state index in [1.807, 2.05) is 42.6 Å². The van der Waals surface area contributed by atoms with E-state index in [1.54, 1.807) is 24.5 Å². The molecule has 0 atom stereocenters. The van der Waals surface area contributed by atoms with Crippen molar-refractivity contribution in [3.8, 4) is 22.0 Å². The zero-order chi connectivity index (χ0) is 19.5. The molecule has 0 aliphatic heterocycles. The van der Waals surface area contributed by atoms with E-state index in [-0.39, 0.29) is 5.56 Å². The quantitative estimate of drug-likeness (QED) is 0.535. The van der Waals surface area contributed by atoms with Crippen molar-refractivity contribution in [2.24, 2.45) is 0 Å². The fraction of sp³-hybridized carbons (Fsp3) is 0.143. The van der Waals surface area contributed by atoms with Gasteiger partial charge in [-0.3, -0.25) is 4.79 Å². The van der Waals surface area contributed by atoms with Gasteiger partial charge in [0.2, 0.25) is 0 Å². The van der Waals surface area contributed by atoms with Gasteiger partial charge in [0, 0.05) is 34.0 Å². The minimum Gasteiger partial charge on any atom is -0.364 e. The van der Waals surface area contributed by atoms with Gasteiger partial charge in [-0.2, -0.15) is 0 Å². The third-order valence-electron chi connectivity index (χ3n) is 4.45. The van der Waals surface area contributed by atoms with Gasteiger partial charge in [0.15, 0.2) is 0 Å². The second-order valence-electron chi connectivity index (χ2n) is 6.42. The first-order chi connectivity index (χ1) is 13.6. The van der Waals surface area contributed by atoms with Crippen molar-refractivity contribution in [1.82, 2.24) is 19.9 Å². The minimum atomic E-state index is -0.123. The number of hydrogen-bond acceptors (Lipinski definition) is 6. The second-order valence-corrected chi connectivity index (χ2v) is 7.28. The Kier molecular flexibility index (Phi) is 4.99. The molecule has 0 amide bonds. The molecule has 0 fully saturated rings. The molecule has 0 saturated carbocycles. The van der Waals surface area contributed by atoms with Crippen LogP contribution >= 0.6 is 11.3 Å². The predicted octanol–water partition coefficient (Wildman–Crippen LogP) is 4.18. The average molecular weight is 389 g/mol. The molecule has 1 aromatic carbocycles. The molecule has 3 heterocycles. The van der Waals surface area contributed by atoms with Gasteiger partial charge < -0.3 is 10.3 Å². The van der Waals surface area contributed by atoms with Gasteiger partial charge in [-0.25, -0.2) is 15.0 Å². The van der Waals surface area contributed by atoms with E-state index in [0.29, 0.717) is 17.9 Å². The van der Waals surface area contributed by atoms with Crippen LogP contribution in [0.1, 0.15) is 17.0 Å². The molecule has 0 unspecified atom stereocenters. The van der Waals surface area contributed by atoms with Crippen LogP contribution in [-0.4, -0.2) is 19.9 Å². The van der Waals surface area contributed by atoms with Crippen molar-refractivity contribution >= 4 is 17.2 Å². The SMILES string of the molecule is Cc1nc(-c2ccc(NCc3csc(-c4ccccc4)n3)nc2)[nH]c(=O)c1C. The lowest BCUT2D eigenvalue weighted by Gasteiger charge is -2.06. The molecule has 6 nitrogen and oxygen atoms in total. The van der Waals surface area contributed by atoms with Crippen LogP contribution in [0.3, 0.4) is 0 Å². The van der Waals surface area contributed by atoms with E-state index in [0.717, 1.165) is 33.3 Å². The number of nitrogens with one attached hydrogen (secondary N) is 2. The molecule has 2 N–H and O–H groups in total. The van der Waals surface area contributed by atoms with Crippen LogP contribution in [0.5, 0.6) is 0 Å². The molecular weight excluding hydrogens is 370 g/mol. The Morgan fingerprint density at radius 3 is 2.57 bits per heavy atom. The van der Waals surface area contributed by atoms with Crippen LogP contribution in [0.25, 0.3) is 22.0 Å².